The molecule has 0 bridgehead atoms. The Morgan fingerprint density at radius 2 is 2.20 bits per heavy atom. The van der Waals surface area contributed by atoms with Crippen molar-refractivity contribution in [3.05, 3.63) is 16.7 Å². The van der Waals surface area contributed by atoms with Gasteiger partial charge in [0.15, 0.2) is 4.77 Å². The summed E-state index contributed by atoms with van der Waals surface area (Å²) in [5.41, 5.74) is 0.944. The van der Waals surface area contributed by atoms with Crippen LogP contribution in [0.4, 0.5) is 0 Å². The molecule has 0 saturated carbocycles. The number of aromatic nitrogens is 2. The molecule has 1 aromatic heterocycles. The van der Waals surface area contributed by atoms with Crippen LogP contribution in [0, 0.1) is 4.77 Å². The third kappa shape index (κ3) is 2.68. The predicted octanol–water partition coefficient (Wildman–Crippen LogP) is 2.02. The average molecular weight is 228 g/mol. The number of imidazole rings is 1. The van der Waals surface area contributed by atoms with Crippen molar-refractivity contribution in [2.75, 3.05) is 7.11 Å². The molecular formula is C10H16N2O2S. The van der Waals surface area contributed by atoms with E-state index in [1.54, 1.807) is 4.57 Å². The fraction of sp³-hybridized carbons (Fsp3) is 0.600. The van der Waals surface area contributed by atoms with Crippen LogP contribution >= 0.6 is 12.2 Å². The Hall–Kier alpha value is -1.10. The van der Waals surface area contributed by atoms with E-state index in [-0.39, 0.29) is 17.9 Å². The van der Waals surface area contributed by atoms with E-state index in [9.17, 15) is 4.79 Å². The number of carbonyl (C=O) groups is 1. The summed E-state index contributed by atoms with van der Waals surface area (Å²) in [6, 6.07) is 0. The molecule has 1 heterocycles. The number of rotatable bonds is 2. The van der Waals surface area contributed by atoms with E-state index in [0.29, 0.717) is 4.77 Å². The molecule has 0 aliphatic heterocycles. The third-order valence-electron chi connectivity index (χ3n) is 2.15. The molecule has 1 rings (SSSR count). The molecule has 0 unspecified atom stereocenters. The summed E-state index contributed by atoms with van der Waals surface area (Å²) in [4.78, 5) is 14.2. The van der Waals surface area contributed by atoms with Gasteiger partial charge in [-0.05, 0) is 12.2 Å². The minimum absolute atomic E-state index is 0.0540. The standard InChI is InChI=1S/C10H16N2O2S/c1-10(2,3)7-5-11-9(15)12(7)6-8(13)14-4/h5H,6H2,1-4H3,(H,11,15). The Morgan fingerprint density at radius 1 is 1.60 bits per heavy atom. The monoisotopic (exact) mass is 228 g/mol. The second-order valence-corrected chi connectivity index (χ2v) is 4.78. The van der Waals surface area contributed by atoms with Gasteiger partial charge in [-0.1, -0.05) is 20.8 Å². The molecule has 4 nitrogen and oxygen atoms in total. The van der Waals surface area contributed by atoms with Crippen LogP contribution in [-0.4, -0.2) is 22.6 Å². The normalized spacial score (nSPS) is 11.5. The molecule has 0 spiro atoms. The average Bonchev–Trinajstić information content (AvgIpc) is 2.47. The summed E-state index contributed by atoms with van der Waals surface area (Å²) in [6.45, 7) is 6.36. The van der Waals surface area contributed by atoms with Gasteiger partial charge in [0.1, 0.15) is 6.54 Å². The molecule has 0 atom stereocenters. The SMILES string of the molecule is COC(=O)Cn1c(C(C)(C)C)c[nH]c1=S. The highest BCUT2D eigenvalue weighted by Gasteiger charge is 2.20. The second-order valence-electron chi connectivity index (χ2n) is 4.39. The van der Waals surface area contributed by atoms with Gasteiger partial charge in [0.05, 0.1) is 7.11 Å². The topological polar surface area (TPSA) is 47.0 Å². The lowest BCUT2D eigenvalue weighted by molar-refractivity contribution is -0.141. The van der Waals surface area contributed by atoms with E-state index in [1.165, 1.54) is 7.11 Å². The molecule has 1 aromatic rings. The van der Waals surface area contributed by atoms with Gasteiger partial charge in [-0.25, -0.2) is 0 Å². The van der Waals surface area contributed by atoms with Gasteiger partial charge >= 0.3 is 5.97 Å². The number of nitrogens with zero attached hydrogens (tertiary/aromatic N) is 1. The number of nitrogens with one attached hydrogen (secondary N) is 1. The van der Waals surface area contributed by atoms with Crippen molar-refractivity contribution in [1.82, 2.24) is 9.55 Å². The molecule has 84 valence electrons. The zero-order valence-corrected chi connectivity index (χ0v) is 10.3. The molecule has 0 aromatic carbocycles. The maximum absolute atomic E-state index is 11.2. The molecule has 5 heteroatoms. The number of ether oxygens (including phenoxy) is 1. The largest absolute Gasteiger partial charge is 0.468 e. The zero-order valence-electron chi connectivity index (χ0n) is 9.46. The van der Waals surface area contributed by atoms with Crippen LogP contribution in [0.2, 0.25) is 0 Å². The summed E-state index contributed by atoms with van der Waals surface area (Å²) in [7, 11) is 1.37. The Labute approximate surface area is 94.3 Å². The van der Waals surface area contributed by atoms with Crippen LogP contribution in [-0.2, 0) is 21.5 Å². The van der Waals surface area contributed by atoms with Crippen molar-refractivity contribution >= 4 is 18.2 Å². The molecule has 0 amide bonds. The summed E-state index contributed by atoms with van der Waals surface area (Å²) in [5, 5.41) is 0. The highest BCUT2D eigenvalue weighted by Crippen LogP contribution is 2.22. The maximum Gasteiger partial charge on any atom is 0.325 e. The smallest absolute Gasteiger partial charge is 0.325 e. The minimum Gasteiger partial charge on any atom is -0.468 e. The van der Waals surface area contributed by atoms with E-state index < -0.39 is 0 Å². The van der Waals surface area contributed by atoms with Crippen molar-refractivity contribution in [3.8, 4) is 0 Å². The number of H-pyrrole nitrogens is 1. The Morgan fingerprint density at radius 3 is 2.67 bits per heavy atom. The van der Waals surface area contributed by atoms with Crippen LogP contribution < -0.4 is 0 Å². The zero-order chi connectivity index (χ0) is 11.6. The molecule has 0 aliphatic rings. The number of hydrogen-bond donors (Lipinski definition) is 1. The fourth-order valence-electron chi connectivity index (χ4n) is 1.37. The van der Waals surface area contributed by atoms with Crippen LogP contribution in [0.5, 0.6) is 0 Å². The maximum atomic E-state index is 11.2. The predicted molar refractivity (Wildman–Crippen MR) is 60.3 cm³/mol. The quantitative estimate of drug-likeness (QED) is 0.622. The number of carbonyl (C=O) groups excluding carboxylic acids is 1. The van der Waals surface area contributed by atoms with Gasteiger partial charge in [-0.15, -0.1) is 0 Å². The van der Waals surface area contributed by atoms with Crippen LogP contribution in [0.25, 0.3) is 0 Å². The van der Waals surface area contributed by atoms with Gasteiger partial charge in [0.2, 0.25) is 0 Å². The number of methoxy groups -OCH3 is 1. The van der Waals surface area contributed by atoms with Gasteiger partial charge in [0, 0.05) is 17.3 Å². The summed E-state index contributed by atoms with van der Waals surface area (Å²) in [6.07, 6.45) is 1.84. The van der Waals surface area contributed by atoms with Gasteiger partial charge < -0.3 is 14.3 Å². The van der Waals surface area contributed by atoms with Crippen molar-refractivity contribution in [1.29, 1.82) is 0 Å². The Kier molecular flexibility index (Phi) is 3.34. The lowest BCUT2D eigenvalue weighted by Crippen LogP contribution is -2.21. The molecule has 15 heavy (non-hydrogen) atoms. The van der Waals surface area contributed by atoms with E-state index in [4.69, 9.17) is 12.2 Å². The lowest BCUT2D eigenvalue weighted by atomic mass is 9.92. The first kappa shape index (κ1) is 12.0. The van der Waals surface area contributed by atoms with Crippen molar-refractivity contribution in [2.24, 2.45) is 0 Å². The van der Waals surface area contributed by atoms with E-state index in [2.05, 4.69) is 30.5 Å². The van der Waals surface area contributed by atoms with Gasteiger partial charge in [0.25, 0.3) is 0 Å². The minimum atomic E-state index is -0.295. The van der Waals surface area contributed by atoms with Gasteiger partial charge in [-0.3, -0.25) is 4.79 Å². The highest BCUT2D eigenvalue weighted by molar-refractivity contribution is 7.71. The Balaban J connectivity index is 3.11. The number of esters is 1. The molecule has 1 N–H and O–H groups in total. The van der Waals surface area contributed by atoms with E-state index in [1.807, 2.05) is 6.20 Å². The third-order valence-corrected chi connectivity index (χ3v) is 2.49. The van der Waals surface area contributed by atoms with Crippen molar-refractivity contribution < 1.29 is 9.53 Å². The lowest BCUT2D eigenvalue weighted by Gasteiger charge is -2.20. The van der Waals surface area contributed by atoms with Crippen LogP contribution in [0.15, 0.2) is 6.20 Å². The van der Waals surface area contributed by atoms with Crippen molar-refractivity contribution in [3.63, 3.8) is 0 Å². The summed E-state index contributed by atoms with van der Waals surface area (Å²) >= 11 is 5.11. The van der Waals surface area contributed by atoms with Crippen LogP contribution in [0.3, 0.4) is 0 Å². The number of aromatic amines is 1. The molecule has 0 saturated heterocycles. The highest BCUT2D eigenvalue weighted by atomic mass is 32.1. The van der Waals surface area contributed by atoms with Crippen molar-refractivity contribution in [2.45, 2.75) is 32.7 Å². The van der Waals surface area contributed by atoms with E-state index in [0.717, 1.165) is 5.69 Å². The number of hydrogen-bond acceptors (Lipinski definition) is 3. The summed E-state index contributed by atoms with van der Waals surface area (Å²) in [5.74, 6) is -0.295. The first-order valence-electron chi connectivity index (χ1n) is 4.71. The molecule has 0 aliphatic carbocycles. The fourth-order valence-corrected chi connectivity index (χ4v) is 1.59. The molecule has 0 fully saturated rings. The first-order valence-corrected chi connectivity index (χ1v) is 5.12. The first-order chi connectivity index (χ1) is 6.86. The van der Waals surface area contributed by atoms with Gasteiger partial charge in [-0.2, -0.15) is 0 Å². The molecular weight excluding hydrogens is 212 g/mol. The summed E-state index contributed by atoms with van der Waals surface area (Å²) < 4.78 is 6.94. The molecule has 0 radical (unpaired) electrons. The second kappa shape index (κ2) is 4.18. The Bertz CT molecular complexity index is 412. The van der Waals surface area contributed by atoms with Crippen LogP contribution in [0.1, 0.15) is 26.5 Å². The van der Waals surface area contributed by atoms with E-state index >= 15 is 0 Å².